The molecule has 0 amide bonds. The molecular formula is C20H15N3O3S. The van der Waals surface area contributed by atoms with E-state index in [2.05, 4.69) is 9.98 Å². The van der Waals surface area contributed by atoms with Crippen LogP contribution < -0.4 is 10.3 Å². The Hall–Kier alpha value is -3.45. The first-order valence-corrected chi connectivity index (χ1v) is 8.57. The molecule has 2 heterocycles. The van der Waals surface area contributed by atoms with E-state index < -0.39 is 5.56 Å². The number of ether oxygens (including phenoxy) is 1. The molecule has 1 aromatic heterocycles. The standard InChI is InChI=1S/C20H15N3O3S/c1-26-14-8-6-13(7-9-14)23-19(25)16(18(24)22-20(23)27)10-12-11-21-17-5-3-2-4-15(12)17/h2-11,25H,1H3,(H,22,24,27)/b12-10+. The Balaban J connectivity index is 1.88. The van der Waals surface area contributed by atoms with Crippen molar-refractivity contribution in [3.05, 3.63) is 74.8 Å². The van der Waals surface area contributed by atoms with E-state index in [0.29, 0.717) is 11.4 Å². The summed E-state index contributed by atoms with van der Waals surface area (Å²) in [4.78, 5) is 19.4. The quantitative estimate of drug-likeness (QED) is 0.679. The number of benzene rings is 2. The number of H-pyrrole nitrogens is 1. The number of aromatic hydroxyl groups is 1. The fourth-order valence-corrected chi connectivity index (χ4v) is 3.23. The predicted octanol–water partition coefficient (Wildman–Crippen LogP) is 3.87. The molecule has 0 saturated carbocycles. The van der Waals surface area contributed by atoms with Crippen LogP contribution >= 0.6 is 12.2 Å². The Labute approximate surface area is 159 Å². The Morgan fingerprint density at radius 2 is 1.93 bits per heavy atom. The van der Waals surface area contributed by atoms with E-state index in [9.17, 15) is 9.90 Å². The number of methoxy groups -OCH3 is 1. The number of hydrogen-bond acceptors (Lipinski definition) is 5. The molecule has 0 fully saturated rings. The molecular weight excluding hydrogens is 362 g/mol. The van der Waals surface area contributed by atoms with E-state index in [1.807, 2.05) is 24.3 Å². The fraction of sp³-hybridized carbons (Fsp3) is 0.0500. The van der Waals surface area contributed by atoms with Crippen LogP contribution in [0, 0.1) is 4.77 Å². The fourth-order valence-electron chi connectivity index (χ4n) is 2.95. The van der Waals surface area contributed by atoms with E-state index >= 15 is 0 Å². The van der Waals surface area contributed by atoms with Crippen molar-refractivity contribution in [1.82, 2.24) is 9.55 Å². The molecule has 1 aliphatic rings. The van der Waals surface area contributed by atoms with Gasteiger partial charge in [0.2, 0.25) is 5.88 Å². The molecule has 0 aliphatic carbocycles. The highest BCUT2D eigenvalue weighted by Crippen LogP contribution is 2.33. The van der Waals surface area contributed by atoms with Gasteiger partial charge in [-0.2, -0.15) is 0 Å². The number of aromatic nitrogens is 2. The second-order valence-corrected chi connectivity index (χ2v) is 6.29. The third-order valence-electron chi connectivity index (χ3n) is 4.31. The molecule has 4 rings (SSSR count). The summed E-state index contributed by atoms with van der Waals surface area (Å²) in [7, 11) is 1.57. The third kappa shape index (κ3) is 2.98. The first-order valence-electron chi connectivity index (χ1n) is 8.16. The summed E-state index contributed by atoms with van der Waals surface area (Å²) in [5.41, 5.74) is 2.71. The zero-order valence-corrected chi connectivity index (χ0v) is 15.2. The number of nitrogens with one attached hydrogen (secondary N) is 1. The molecule has 6 nitrogen and oxygen atoms in total. The van der Waals surface area contributed by atoms with Gasteiger partial charge >= 0.3 is 0 Å². The van der Waals surface area contributed by atoms with Crippen LogP contribution in [-0.4, -0.2) is 28.0 Å². The Kier molecular flexibility index (Phi) is 4.21. The van der Waals surface area contributed by atoms with Crippen molar-refractivity contribution in [3.63, 3.8) is 0 Å². The van der Waals surface area contributed by atoms with E-state index in [1.54, 1.807) is 43.7 Å². The maximum Gasteiger partial charge on any atom is 0.262 e. The smallest absolute Gasteiger partial charge is 0.262 e. The van der Waals surface area contributed by atoms with Gasteiger partial charge in [-0.05, 0) is 48.6 Å². The van der Waals surface area contributed by atoms with E-state index in [1.165, 1.54) is 4.57 Å². The summed E-state index contributed by atoms with van der Waals surface area (Å²) >= 11 is 5.24. The van der Waals surface area contributed by atoms with E-state index in [4.69, 9.17) is 17.0 Å². The lowest BCUT2D eigenvalue weighted by Gasteiger charge is -2.12. The molecule has 7 heteroatoms. The molecule has 0 spiro atoms. The zero-order chi connectivity index (χ0) is 19.0. The van der Waals surface area contributed by atoms with Crippen LogP contribution in [0.3, 0.4) is 0 Å². The summed E-state index contributed by atoms with van der Waals surface area (Å²) < 4.78 is 6.66. The average molecular weight is 377 g/mol. The molecule has 0 radical (unpaired) electrons. The summed E-state index contributed by atoms with van der Waals surface area (Å²) in [6, 6.07) is 14.6. The van der Waals surface area contributed by atoms with Gasteiger partial charge in [-0.1, -0.05) is 18.2 Å². The lowest BCUT2D eigenvalue weighted by Crippen LogP contribution is -2.16. The van der Waals surface area contributed by atoms with Gasteiger partial charge in [0, 0.05) is 17.4 Å². The minimum Gasteiger partial charge on any atom is -0.497 e. The maximum atomic E-state index is 12.4. The second-order valence-electron chi connectivity index (χ2n) is 5.91. The molecule has 1 aliphatic heterocycles. The first kappa shape index (κ1) is 17.0. The van der Waals surface area contributed by atoms with Crippen LogP contribution in [0.25, 0.3) is 17.3 Å². The van der Waals surface area contributed by atoms with Gasteiger partial charge in [-0.25, -0.2) is 0 Å². The van der Waals surface area contributed by atoms with Crippen molar-refractivity contribution >= 4 is 35.8 Å². The van der Waals surface area contributed by atoms with Crippen LogP contribution in [0.1, 0.15) is 11.1 Å². The normalized spacial score (nSPS) is 13.7. The van der Waals surface area contributed by atoms with Gasteiger partial charge in [0.15, 0.2) is 4.77 Å². The van der Waals surface area contributed by atoms with E-state index in [-0.39, 0.29) is 16.2 Å². The van der Waals surface area contributed by atoms with Crippen molar-refractivity contribution in [2.75, 3.05) is 7.11 Å². The second kappa shape index (κ2) is 6.69. The minimum atomic E-state index is -0.465. The summed E-state index contributed by atoms with van der Waals surface area (Å²) in [5, 5.41) is 10.8. The number of aromatic amines is 1. The molecule has 0 saturated heterocycles. The van der Waals surface area contributed by atoms with Crippen LogP contribution in [0.4, 0.5) is 5.69 Å². The topological polar surface area (TPSA) is 79.6 Å². The van der Waals surface area contributed by atoms with Crippen molar-refractivity contribution < 1.29 is 9.84 Å². The van der Waals surface area contributed by atoms with Gasteiger partial charge in [0.05, 0.1) is 18.5 Å². The van der Waals surface area contributed by atoms with Crippen molar-refractivity contribution in [2.45, 2.75) is 0 Å². The lowest BCUT2D eigenvalue weighted by atomic mass is 10.1. The molecule has 27 heavy (non-hydrogen) atoms. The third-order valence-corrected chi connectivity index (χ3v) is 4.59. The van der Waals surface area contributed by atoms with Crippen LogP contribution in [-0.2, 0) is 0 Å². The van der Waals surface area contributed by atoms with Crippen LogP contribution in [0.5, 0.6) is 11.6 Å². The number of nitrogens with zero attached hydrogens (tertiary/aromatic N) is 2. The molecule has 2 aromatic carbocycles. The Morgan fingerprint density at radius 3 is 2.67 bits per heavy atom. The largest absolute Gasteiger partial charge is 0.497 e. The van der Waals surface area contributed by atoms with Crippen molar-refractivity contribution in [1.29, 1.82) is 0 Å². The monoisotopic (exact) mass is 377 g/mol. The molecule has 134 valence electrons. The minimum absolute atomic E-state index is 0.102. The van der Waals surface area contributed by atoms with Gasteiger partial charge in [-0.15, -0.1) is 0 Å². The number of fused-ring (bicyclic) bond motifs is 1. The number of allylic oxidation sites excluding steroid dienone is 1. The highest BCUT2D eigenvalue weighted by atomic mass is 32.1. The van der Waals surface area contributed by atoms with Crippen LogP contribution in [0.2, 0.25) is 0 Å². The lowest BCUT2D eigenvalue weighted by molar-refractivity contribution is 0.414. The SMILES string of the molecule is COc1ccc(-n2c(O)c(/C=C3\C=Nc4ccccc43)c(=O)[nH]c2=S)cc1. The van der Waals surface area contributed by atoms with Gasteiger partial charge in [0.1, 0.15) is 11.3 Å². The summed E-state index contributed by atoms with van der Waals surface area (Å²) in [6.07, 6.45) is 3.28. The average Bonchev–Trinajstić information content (AvgIpc) is 3.08. The number of hydrogen-bond donors (Lipinski definition) is 2. The molecule has 2 N–H and O–H groups in total. The predicted molar refractivity (Wildman–Crippen MR) is 108 cm³/mol. The Morgan fingerprint density at radius 1 is 1.19 bits per heavy atom. The maximum absolute atomic E-state index is 12.4. The van der Waals surface area contributed by atoms with E-state index in [0.717, 1.165) is 16.8 Å². The van der Waals surface area contributed by atoms with Crippen LogP contribution in [0.15, 0.2) is 58.3 Å². The van der Waals surface area contributed by atoms with Crippen molar-refractivity contribution in [3.8, 4) is 17.3 Å². The number of rotatable bonds is 3. The van der Waals surface area contributed by atoms with Gasteiger partial charge in [0.25, 0.3) is 5.56 Å². The van der Waals surface area contributed by atoms with Gasteiger partial charge in [-0.3, -0.25) is 19.3 Å². The molecule has 0 atom stereocenters. The number of aliphatic imine (C=N–C) groups is 1. The zero-order valence-electron chi connectivity index (χ0n) is 14.3. The molecule has 0 bridgehead atoms. The molecule has 3 aromatic rings. The van der Waals surface area contributed by atoms with Gasteiger partial charge < -0.3 is 9.84 Å². The van der Waals surface area contributed by atoms with Crippen molar-refractivity contribution in [2.24, 2.45) is 4.99 Å². The summed E-state index contributed by atoms with van der Waals surface area (Å²) in [5.74, 6) is 0.439. The summed E-state index contributed by atoms with van der Waals surface area (Å²) in [6.45, 7) is 0. The first-order chi connectivity index (χ1) is 13.1. The highest BCUT2D eigenvalue weighted by Gasteiger charge is 2.16. The number of para-hydroxylation sites is 1. The highest BCUT2D eigenvalue weighted by molar-refractivity contribution is 7.71. The Bertz CT molecular complexity index is 1200. The molecule has 0 unspecified atom stereocenters.